The van der Waals surface area contributed by atoms with E-state index in [9.17, 15) is 0 Å². The van der Waals surface area contributed by atoms with Crippen LogP contribution in [0.5, 0.6) is 0 Å². The van der Waals surface area contributed by atoms with Crippen molar-refractivity contribution in [3.8, 4) is 0 Å². The molecular weight excluding hydrogens is 204 g/mol. The van der Waals surface area contributed by atoms with Gasteiger partial charge in [-0.2, -0.15) is 0 Å². The lowest BCUT2D eigenvalue weighted by atomic mass is 10.0. The van der Waals surface area contributed by atoms with Crippen LogP contribution in [-0.2, 0) is 0 Å². The number of benzene rings is 2. The number of hydrogen-bond acceptors (Lipinski definition) is 0. The predicted octanol–water partition coefficient (Wildman–Crippen LogP) is 4.72. The van der Waals surface area contributed by atoms with Crippen LogP contribution in [0.1, 0.15) is 16.7 Å². The van der Waals surface area contributed by atoms with Crippen molar-refractivity contribution in [1.82, 2.24) is 0 Å². The van der Waals surface area contributed by atoms with E-state index in [1.165, 1.54) is 16.7 Å². The molecule has 0 fully saturated rings. The highest BCUT2D eigenvalue weighted by atomic mass is 14.0. The van der Waals surface area contributed by atoms with E-state index in [4.69, 9.17) is 0 Å². The van der Waals surface area contributed by atoms with Crippen LogP contribution in [0.2, 0.25) is 0 Å². The minimum atomic E-state index is 1.15. The first-order valence-corrected chi connectivity index (χ1v) is 5.76. The Morgan fingerprint density at radius 3 is 2.41 bits per heavy atom. The summed E-state index contributed by atoms with van der Waals surface area (Å²) in [6.45, 7) is 6.00. The molecule has 0 saturated heterocycles. The third kappa shape index (κ3) is 2.94. The van der Waals surface area contributed by atoms with E-state index in [0.717, 1.165) is 5.57 Å². The summed E-state index contributed by atoms with van der Waals surface area (Å²) >= 11 is 0. The quantitative estimate of drug-likeness (QED) is 0.518. The lowest BCUT2D eigenvalue weighted by Crippen LogP contribution is -1.82. The summed E-state index contributed by atoms with van der Waals surface area (Å²) in [5.41, 5.74) is 4.83. The Morgan fingerprint density at radius 1 is 1.00 bits per heavy atom. The first-order chi connectivity index (χ1) is 8.29. The van der Waals surface area contributed by atoms with E-state index >= 15 is 0 Å². The fourth-order valence-corrected chi connectivity index (χ4v) is 1.81. The normalized spacial score (nSPS) is 11.2. The van der Waals surface area contributed by atoms with Gasteiger partial charge in [-0.15, -0.1) is 0 Å². The molecule has 0 heteroatoms. The smallest absolute Gasteiger partial charge is 0.0181 e. The molecule has 0 spiro atoms. The maximum atomic E-state index is 3.89. The van der Waals surface area contributed by atoms with Gasteiger partial charge in [-0.1, -0.05) is 72.8 Å². The molecule has 2 aromatic carbocycles. The van der Waals surface area contributed by atoms with Crippen LogP contribution in [0.15, 0.2) is 67.3 Å². The van der Waals surface area contributed by atoms with Crippen LogP contribution in [0, 0.1) is 6.92 Å². The lowest BCUT2D eigenvalue weighted by Gasteiger charge is -2.04. The van der Waals surface area contributed by atoms with Crippen molar-refractivity contribution in [1.29, 1.82) is 0 Å². The van der Waals surface area contributed by atoms with Crippen molar-refractivity contribution in [3.05, 3.63) is 83.9 Å². The van der Waals surface area contributed by atoms with Gasteiger partial charge in [-0.05, 0) is 29.7 Å². The summed E-state index contributed by atoms with van der Waals surface area (Å²) in [4.78, 5) is 0. The summed E-state index contributed by atoms with van der Waals surface area (Å²) in [6.07, 6.45) is 4.06. The third-order valence-corrected chi connectivity index (χ3v) is 2.69. The third-order valence-electron chi connectivity index (χ3n) is 2.69. The van der Waals surface area contributed by atoms with E-state index in [0.29, 0.717) is 0 Å². The molecule has 0 atom stereocenters. The van der Waals surface area contributed by atoms with Gasteiger partial charge in [0.2, 0.25) is 0 Å². The van der Waals surface area contributed by atoms with Gasteiger partial charge in [0.15, 0.2) is 0 Å². The minimum absolute atomic E-state index is 1.15. The largest absolute Gasteiger partial charge is 0.0984 e. The van der Waals surface area contributed by atoms with Crippen molar-refractivity contribution in [3.63, 3.8) is 0 Å². The van der Waals surface area contributed by atoms with E-state index in [1.807, 2.05) is 24.3 Å². The molecule has 0 N–H and O–H groups in total. The van der Waals surface area contributed by atoms with Crippen molar-refractivity contribution in [2.75, 3.05) is 0 Å². The van der Waals surface area contributed by atoms with Crippen LogP contribution in [0.4, 0.5) is 0 Å². The van der Waals surface area contributed by atoms with Gasteiger partial charge in [0.05, 0.1) is 0 Å². The molecule has 0 heterocycles. The maximum absolute atomic E-state index is 3.89. The second kappa shape index (κ2) is 5.31. The lowest BCUT2D eigenvalue weighted by molar-refractivity contribution is 1.45. The Hall–Kier alpha value is -2.08. The van der Waals surface area contributed by atoms with Gasteiger partial charge in [-0.25, -0.2) is 0 Å². The minimum Gasteiger partial charge on any atom is -0.0984 e. The molecule has 0 radical (unpaired) electrons. The van der Waals surface area contributed by atoms with Gasteiger partial charge < -0.3 is 0 Å². The van der Waals surface area contributed by atoms with E-state index in [2.05, 4.69) is 56.0 Å². The molecule has 0 saturated carbocycles. The molecule has 0 aliphatic heterocycles. The van der Waals surface area contributed by atoms with Crippen molar-refractivity contribution in [2.24, 2.45) is 0 Å². The molecule has 0 bridgehead atoms. The molecule has 2 rings (SSSR count). The number of aryl methyl sites for hydroxylation is 1. The average Bonchev–Trinajstić information content (AvgIpc) is 2.37. The Labute approximate surface area is 103 Å². The van der Waals surface area contributed by atoms with Crippen LogP contribution in [-0.4, -0.2) is 0 Å². The zero-order valence-electron chi connectivity index (χ0n) is 10.1. The summed E-state index contributed by atoms with van der Waals surface area (Å²) in [5.74, 6) is 0. The Bertz CT molecular complexity index is 533. The van der Waals surface area contributed by atoms with Gasteiger partial charge >= 0.3 is 0 Å². The molecule has 0 nitrogen and oxygen atoms in total. The van der Waals surface area contributed by atoms with E-state index in [-0.39, 0.29) is 0 Å². The van der Waals surface area contributed by atoms with Gasteiger partial charge in [0.1, 0.15) is 0 Å². The molecule has 2 aromatic rings. The van der Waals surface area contributed by atoms with Crippen LogP contribution in [0.3, 0.4) is 0 Å². The van der Waals surface area contributed by atoms with E-state index in [1.54, 1.807) is 0 Å². The predicted molar refractivity (Wildman–Crippen MR) is 75.7 cm³/mol. The maximum Gasteiger partial charge on any atom is -0.0181 e. The first kappa shape index (κ1) is 11.4. The fraction of sp³-hybridized carbons (Fsp3) is 0.0588. The second-order valence-electron chi connectivity index (χ2n) is 4.08. The summed E-state index contributed by atoms with van der Waals surface area (Å²) in [5, 5.41) is 0. The molecule has 0 aliphatic rings. The molecule has 0 aromatic heterocycles. The van der Waals surface area contributed by atoms with Crippen LogP contribution < -0.4 is 0 Å². The Morgan fingerprint density at radius 2 is 1.76 bits per heavy atom. The zero-order chi connectivity index (χ0) is 12.1. The molecule has 0 aliphatic carbocycles. The van der Waals surface area contributed by atoms with Gasteiger partial charge in [-0.3, -0.25) is 0 Å². The number of rotatable bonds is 3. The van der Waals surface area contributed by atoms with Crippen molar-refractivity contribution in [2.45, 2.75) is 6.92 Å². The highest BCUT2D eigenvalue weighted by molar-refractivity contribution is 5.87. The summed E-state index contributed by atoms with van der Waals surface area (Å²) < 4.78 is 0. The van der Waals surface area contributed by atoms with Crippen LogP contribution in [0.25, 0.3) is 11.6 Å². The van der Waals surface area contributed by atoms with Gasteiger partial charge in [0, 0.05) is 0 Å². The fourth-order valence-electron chi connectivity index (χ4n) is 1.81. The van der Waals surface area contributed by atoms with Gasteiger partial charge in [0.25, 0.3) is 0 Å². The SMILES string of the molecule is C=C/C(=C/c1ccccc1)c1cccc(C)c1. The van der Waals surface area contributed by atoms with Crippen molar-refractivity contribution >= 4 is 11.6 Å². The topological polar surface area (TPSA) is 0 Å². The second-order valence-corrected chi connectivity index (χ2v) is 4.08. The standard InChI is InChI=1S/C17H16/c1-3-16(13-15-9-5-4-6-10-15)17-11-7-8-14(2)12-17/h3-13H,1H2,2H3/b16-13-. The highest BCUT2D eigenvalue weighted by Gasteiger charge is 1.97. The molecule has 17 heavy (non-hydrogen) atoms. The molecule has 0 unspecified atom stereocenters. The monoisotopic (exact) mass is 220 g/mol. The highest BCUT2D eigenvalue weighted by Crippen LogP contribution is 2.20. The number of allylic oxidation sites excluding steroid dienone is 2. The Balaban J connectivity index is 2.41. The first-order valence-electron chi connectivity index (χ1n) is 5.76. The molecule has 84 valence electrons. The van der Waals surface area contributed by atoms with Crippen molar-refractivity contribution < 1.29 is 0 Å². The average molecular weight is 220 g/mol. The van der Waals surface area contributed by atoms with E-state index < -0.39 is 0 Å². The molecule has 0 amide bonds. The Kier molecular flexibility index (Phi) is 3.56. The zero-order valence-corrected chi connectivity index (χ0v) is 10.1. The summed E-state index contributed by atoms with van der Waals surface area (Å²) in [7, 11) is 0. The summed E-state index contributed by atoms with van der Waals surface area (Å²) in [6, 6.07) is 18.8. The number of hydrogen-bond donors (Lipinski definition) is 0. The molecular formula is C17H16. The van der Waals surface area contributed by atoms with Crippen LogP contribution >= 0.6 is 0 Å².